The fraction of sp³-hybridized carbons (Fsp3) is 0.211. The molecule has 0 spiro atoms. The van der Waals surface area contributed by atoms with Gasteiger partial charge in [-0.25, -0.2) is 0 Å². The normalized spacial score (nSPS) is 13.5. The largest absolute Gasteiger partial charge is 0.573 e. The van der Waals surface area contributed by atoms with Crippen molar-refractivity contribution < 1.29 is 32.3 Å². The summed E-state index contributed by atoms with van der Waals surface area (Å²) in [5.74, 6) is -1.83. The molecule has 0 fully saturated rings. The Kier molecular flexibility index (Phi) is 5.08. The molecule has 3 amide bonds. The van der Waals surface area contributed by atoms with Gasteiger partial charge in [-0.05, 0) is 48.9 Å². The van der Waals surface area contributed by atoms with Gasteiger partial charge in [0.05, 0.1) is 11.1 Å². The van der Waals surface area contributed by atoms with Crippen molar-refractivity contribution in [3.8, 4) is 5.75 Å². The highest BCUT2D eigenvalue weighted by atomic mass is 19.4. The Bertz CT molecular complexity index is 939. The third-order valence-corrected chi connectivity index (χ3v) is 4.03. The van der Waals surface area contributed by atoms with Crippen LogP contribution in [0, 0.1) is 0 Å². The summed E-state index contributed by atoms with van der Waals surface area (Å²) < 4.78 is 40.3. The second kappa shape index (κ2) is 7.34. The van der Waals surface area contributed by atoms with Crippen LogP contribution < -0.4 is 10.1 Å². The van der Waals surface area contributed by atoms with Crippen LogP contribution in [-0.4, -0.2) is 35.5 Å². The lowest BCUT2D eigenvalue weighted by atomic mass is 10.1. The van der Waals surface area contributed by atoms with Crippen LogP contribution >= 0.6 is 0 Å². The molecule has 1 heterocycles. The fourth-order valence-electron chi connectivity index (χ4n) is 2.80. The Balaban J connectivity index is 1.74. The highest BCUT2D eigenvalue weighted by Gasteiger charge is 2.35. The van der Waals surface area contributed by atoms with Gasteiger partial charge >= 0.3 is 6.36 Å². The van der Waals surface area contributed by atoms with E-state index in [4.69, 9.17) is 0 Å². The van der Waals surface area contributed by atoms with Crippen LogP contribution in [-0.2, 0) is 0 Å². The minimum absolute atomic E-state index is 0.147. The van der Waals surface area contributed by atoms with Gasteiger partial charge in [0.25, 0.3) is 17.7 Å². The number of halogens is 3. The van der Waals surface area contributed by atoms with E-state index in [1.165, 1.54) is 30.3 Å². The Hall–Kier alpha value is -3.36. The number of hydrogen-bond acceptors (Lipinski definition) is 4. The van der Waals surface area contributed by atoms with E-state index >= 15 is 0 Å². The summed E-state index contributed by atoms with van der Waals surface area (Å²) in [6.45, 7) is 2.13. The first kappa shape index (κ1) is 19.4. The standard InChI is InChI=1S/C19H15F3N2O4/c1-2-9-24-17(26)14-8-3-11(10-15(14)18(24)27)16(25)23-12-4-6-13(7-5-12)28-19(20,21)22/h3-8,10H,2,9H2,1H3,(H,23,25). The molecule has 1 aliphatic heterocycles. The number of nitrogens with one attached hydrogen (secondary N) is 1. The summed E-state index contributed by atoms with van der Waals surface area (Å²) in [5.41, 5.74) is 0.785. The van der Waals surface area contributed by atoms with Gasteiger partial charge in [-0.2, -0.15) is 0 Å². The van der Waals surface area contributed by atoms with E-state index in [-0.39, 0.29) is 22.4 Å². The number of amides is 3. The first-order valence-corrected chi connectivity index (χ1v) is 8.37. The Labute approximate surface area is 157 Å². The number of benzene rings is 2. The maximum absolute atomic E-state index is 12.4. The molecular weight excluding hydrogens is 377 g/mol. The summed E-state index contributed by atoms with van der Waals surface area (Å²) in [6, 6.07) is 8.80. The quantitative estimate of drug-likeness (QED) is 0.785. The van der Waals surface area contributed by atoms with E-state index < -0.39 is 29.8 Å². The minimum Gasteiger partial charge on any atom is -0.406 e. The van der Waals surface area contributed by atoms with Gasteiger partial charge < -0.3 is 10.1 Å². The predicted octanol–water partition coefficient (Wildman–Crippen LogP) is 3.84. The second-order valence-electron chi connectivity index (χ2n) is 6.05. The van der Waals surface area contributed by atoms with Gasteiger partial charge in [0, 0.05) is 17.8 Å². The molecule has 0 aliphatic carbocycles. The molecule has 28 heavy (non-hydrogen) atoms. The van der Waals surface area contributed by atoms with Crippen molar-refractivity contribution in [2.45, 2.75) is 19.7 Å². The molecule has 0 radical (unpaired) electrons. The summed E-state index contributed by atoms with van der Waals surface area (Å²) in [5, 5.41) is 2.52. The summed E-state index contributed by atoms with van der Waals surface area (Å²) in [7, 11) is 0. The van der Waals surface area contributed by atoms with E-state index in [1.54, 1.807) is 0 Å². The predicted molar refractivity (Wildman–Crippen MR) is 93.2 cm³/mol. The molecule has 0 atom stereocenters. The Morgan fingerprint density at radius 3 is 2.29 bits per heavy atom. The highest BCUT2D eigenvalue weighted by molar-refractivity contribution is 6.22. The molecule has 1 N–H and O–H groups in total. The first-order valence-electron chi connectivity index (χ1n) is 8.37. The van der Waals surface area contributed by atoms with Crippen molar-refractivity contribution in [3.63, 3.8) is 0 Å². The zero-order valence-corrected chi connectivity index (χ0v) is 14.7. The van der Waals surface area contributed by atoms with Crippen LogP contribution in [0.3, 0.4) is 0 Å². The lowest BCUT2D eigenvalue weighted by Gasteiger charge is -2.11. The second-order valence-corrected chi connectivity index (χ2v) is 6.05. The summed E-state index contributed by atoms with van der Waals surface area (Å²) >= 11 is 0. The molecule has 0 bridgehead atoms. The van der Waals surface area contributed by atoms with Gasteiger partial charge in [0.1, 0.15) is 5.75 Å². The van der Waals surface area contributed by atoms with Gasteiger partial charge in [-0.3, -0.25) is 19.3 Å². The number of rotatable bonds is 5. The maximum atomic E-state index is 12.4. The van der Waals surface area contributed by atoms with E-state index in [2.05, 4.69) is 10.1 Å². The van der Waals surface area contributed by atoms with Crippen LogP contribution in [0.25, 0.3) is 0 Å². The summed E-state index contributed by atoms with van der Waals surface area (Å²) in [6.07, 6.45) is -4.18. The van der Waals surface area contributed by atoms with E-state index in [1.807, 2.05) is 6.92 Å². The van der Waals surface area contributed by atoms with Gasteiger partial charge in [0.2, 0.25) is 0 Å². The smallest absolute Gasteiger partial charge is 0.406 e. The minimum atomic E-state index is -4.80. The number of nitrogens with zero attached hydrogens (tertiary/aromatic N) is 1. The van der Waals surface area contributed by atoms with Crippen molar-refractivity contribution in [1.29, 1.82) is 0 Å². The lowest BCUT2D eigenvalue weighted by Crippen LogP contribution is -2.30. The third-order valence-electron chi connectivity index (χ3n) is 4.03. The molecule has 146 valence electrons. The number of carbonyl (C=O) groups is 3. The molecule has 2 aromatic carbocycles. The van der Waals surface area contributed by atoms with Crippen molar-refractivity contribution in [3.05, 3.63) is 59.2 Å². The molecule has 9 heteroatoms. The zero-order chi connectivity index (χ0) is 20.5. The number of imide groups is 1. The number of fused-ring (bicyclic) bond motifs is 1. The monoisotopic (exact) mass is 392 g/mol. The molecule has 0 saturated heterocycles. The Morgan fingerprint density at radius 1 is 1.04 bits per heavy atom. The number of carbonyl (C=O) groups excluding carboxylic acids is 3. The summed E-state index contributed by atoms with van der Waals surface area (Å²) in [4.78, 5) is 38.1. The molecular formula is C19H15F3N2O4. The van der Waals surface area contributed by atoms with Gasteiger partial charge in [-0.1, -0.05) is 6.92 Å². The van der Waals surface area contributed by atoms with E-state index in [0.717, 1.165) is 17.0 Å². The average molecular weight is 392 g/mol. The molecule has 1 aliphatic rings. The number of hydrogen-bond donors (Lipinski definition) is 1. The average Bonchev–Trinajstić information content (AvgIpc) is 2.87. The van der Waals surface area contributed by atoms with Gasteiger partial charge in [-0.15, -0.1) is 13.2 Å². The van der Waals surface area contributed by atoms with Crippen molar-refractivity contribution in [2.24, 2.45) is 0 Å². The van der Waals surface area contributed by atoms with Crippen LogP contribution in [0.15, 0.2) is 42.5 Å². The highest BCUT2D eigenvalue weighted by Crippen LogP contribution is 2.26. The fourth-order valence-corrected chi connectivity index (χ4v) is 2.80. The van der Waals surface area contributed by atoms with Crippen molar-refractivity contribution in [1.82, 2.24) is 4.90 Å². The van der Waals surface area contributed by atoms with E-state index in [0.29, 0.717) is 13.0 Å². The van der Waals surface area contributed by atoms with Crippen LogP contribution in [0.1, 0.15) is 44.4 Å². The third kappa shape index (κ3) is 3.98. The SMILES string of the molecule is CCCN1C(=O)c2ccc(C(=O)Nc3ccc(OC(F)(F)F)cc3)cc2C1=O. The number of anilines is 1. The first-order chi connectivity index (χ1) is 13.2. The zero-order valence-electron chi connectivity index (χ0n) is 14.7. The van der Waals surface area contributed by atoms with Crippen LogP contribution in [0.4, 0.5) is 18.9 Å². The molecule has 6 nitrogen and oxygen atoms in total. The van der Waals surface area contributed by atoms with Crippen LogP contribution in [0.2, 0.25) is 0 Å². The van der Waals surface area contributed by atoms with E-state index in [9.17, 15) is 27.6 Å². The van der Waals surface area contributed by atoms with Crippen molar-refractivity contribution >= 4 is 23.4 Å². The molecule has 0 saturated carbocycles. The molecule has 3 rings (SSSR count). The molecule has 0 aromatic heterocycles. The lowest BCUT2D eigenvalue weighted by molar-refractivity contribution is -0.274. The van der Waals surface area contributed by atoms with Gasteiger partial charge in [0.15, 0.2) is 0 Å². The Morgan fingerprint density at radius 2 is 1.68 bits per heavy atom. The number of alkyl halides is 3. The van der Waals surface area contributed by atoms with Crippen LogP contribution in [0.5, 0.6) is 5.75 Å². The molecule has 0 unspecified atom stereocenters. The molecule has 2 aromatic rings. The number of ether oxygens (including phenoxy) is 1. The topological polar surface area (TPSA) is 75.7 Å². The van der Waals surface area contributed by atoms with Crippen molar-refractivity contribution in [2.75, 3.05) is 11.9 Å². The maximum Gasteiger partial charge on any atom is 0.573 e.